The Kier molecular flexibility index (Phi) is 3.80. The van der Waals surface area contributed by atoms with Crippen LogP contribution in [0.15, 0.2) is 24.3 Å². The van der Waals surface area contributed by atoms with Crippen molar-refractivity contribution in [2.24, 2.45) is 0 Å². The molecule has 1 fully saturated rings. The van der Waals surface area contributed by atoms with Gasteiger partial charge in [-0.05, 0) is 44.5 Å². The maximum Gasteiger partial charge on any atom is 0.0434 e. The monoisotopic (exact) mass is 219 g/mol. The van der Waals surface area contributed by atoms with Gasteiger partial charge < -0.3 is 4.90 Å². The lowest BCUT2D eigenvalue weighted by Gasteiger charge is -2.19. The molecule has 1 aromatic rings. The van der Waals surface area contributed by atoms with Crippen molar-refractivity contribution in [2.45, 2.75) is 25.8 Å². The van der Waals surface area contributed by atoms with E-state index in [1.165, 1.54) is 37.2 Å². The Morgan fingerprint density at radius 2 is 1.75 bits per heavy atom. The van der Waals surface area contributed by atoms with Gasteiger partial charge in [0.05, 0.1) is 0 Å². The molecule has 1 aromatic carbocycles. The van der Waals surface area contributed by atoms with Crippen LogP contribution in [0.4, 0.5) is 5.69 Å². The summed E-state index contributed by atoms with van der Waals surface area (Å²) in [6.45, 7) is 4.58. The average molecular weight is 219 g/mol. The molecule has 0 bridgehead atoms. The SMILES string of the molecule is CNN[C@H](C)c1ccc(N2CCCC2)cc1. The molecule has 3 heteroatoms. The first kappa shape index (κ1) is 11.4. The minimum absolute atomic E-state index is 0.345. The van der Waals surface area contributed by atoms with Gasteiger partial charge in [0.1, 0.15) is 0 Å². The van der Waals surface area contributed by atoms with Crippen LogP contribution in [0.3, 0.4) is 0 Å². The van der Waals surface area contributed by atoms with Crippen LogP contribution in [-0.4, -0.2) is 20.1 Å². The zero-order valence-electron chi connectivity index (χ0n) is 10.2. The second-order valence-electron chi connectivity index (χ2n) is 4.40. The molecule has 88 valence electrons. The van der Waals surface area contributed by atoms with Gasteiger partial charge in [0.15, 0.2) is 0 Å². The summed E-state index contributed by atoms with van der Waals surface area (Å²) in [6, 6.07) is 9.23. The summed E-state index contributed by atoms with van der Waals surface area (Å²) in [6.07, 6.45) is 2.67. The molecule has 0 unspecified atom stereocenters. The van der Waals surface area contributed by atoms with E-state index in [4.69, 9.17) is 0 Å². The molecule has 1 saturated heterocycles. The average Bonchev–Trinajstić information content (AvgIpc) is 2.83. The van der Waals surface area contributed by atoms with Crippen molar-refractivity contribution in [3.8, 4) is 0 Å². The van der Waals surface area contributed by atoms with Crippen LogP contribution in [0.5, 0.6) is 0 Å². The fraction of sp³-hybridized carbons (Fsp3) is 0.538. The van der Waals surface area contributed by atoms with Crippen molar-refractivity contribution in [1.82, 2.24) is 10.9 Å². The molecular formula is C13H21N3. The molecule has 0 amide bonds. The van der Waals surface area contributed by atoms with Gasteiger partial charge in [-0.3, -0.25) is 10.9 Å². The van der Waals surface area contributed by atoms with Gasteiger partial charge in [0.2, 0.25) is 0 Å². The number of nitrogens with one attached hydrogen (secondary N) is 2. The van der Waals surface area contributed by atoms with Gasteiger partial charge in [-0.15, -0.1) is 0 Å². The zero-order valence-corrected chi connectivity index (χ0v) is 10.2. The molecule has 3 nitrogen and oxygen atoms in total. The molecule has 0 saturated carbocycles. The van der Waals surface area contributed by atoms with Gasteiger partial charge in [0, 0.05) is 24.8 Å². The Hall–Kier alpha value is -1.06. The molecule has 1 atom stereocenters. The van der Waals surface area contributed by atoms with E-state index < -0.39 is 0 Å². The van der Waals surface area contributed by atoms with Crippen molar-refractivity contribution >= 4 is 5.69 Å². The highest BCUT2D eigenvalue weighted by Gasteiger charge is 2.12. The van der Waals surface area contributed by atoms with Crippen LogP contribution in [-0.2, 0) is 0 Å². The van der Waals surface area contributed by atoms with E-state index in [-0.39, 0.29) is 0 Å². The number of hydrogen-bond acceptors (Lipinski definition) is 3. The summed E-state index contributed by atoms with van der Waals surface area (Å²) in [5.41, 5.74) is 8.84. The highest BCUT2D eigenvalue weighted by Crippen LogP contribution is 2.22. The molecule has 1 aliphatic heterocycles. The summed E-state index contributed by atoms with van der Waals surface area (Å²) < 4.78 is 0. The molecular weight excluding hydrogens is 198 g/mol. The summed E-state index contributed by atoms with van der Waals surface area (Å²) in [4.78, 5) is 2.46. The Morgan fingerprint density at radius 3 is 2.31 bits per heavy atom. The van der Waals surface area contributed by atoms with E-state index in [1.54, 1.807) is 0 Å². The highest BCUT2D eigenvalue weighted by atomic mass is 15.3. The molecule has 2 N–H and O–H groups in total. The van der Waals surface area contributed by atoms with Crippen molar-refractivity contribution in [1.29, 1.82) is 0 Å². The third-order valence-corrected chi connectivity index (χ3v) is 3.23. The largest absolute Gasteiger partial charge is 0.372 e. The van der Waals surface area contributed by atoms with Crippen LogP contribution in [0.25, 0.3) is 0 Å². The van der Waals surface area contributed by atoms with Crippen LogP contribution < -0.4 is 15.8 Å². The van der Waals surface area contributed by atoms with E-state index in [1.807, 2.05) is 7.05 Å². The highest BCUT2D eigenvalue weighted by molar-refractivity contribution is 5.48. The predicted molar refractivity (Wildman–Crippen MR) is 68.5 cm³/mol. The van der Waals surface area contributed by atoms with Crippen molar-refractivity contribution < 1.29 is 0 Å². The second kappa shape index (κ2) is 5.32. The van der Waals surface area contributed by atoms with Crippen LogP contribution >= 0.6 is 0 Å². The summed E-state index contributed by atoms with van der Waals surface area (Å²) >= 11 is 0. The molecule has 0 aliphatic carbocycles. The Bertz CT molecular complexity index is 314. The van der Waals surface area contributed by atoms with Gasteiger partial charge in [0.25, 0.3) is 0 Å². The fourth-order valence-corrected chi connectivity index (χ4v) is 2.25. The van der Waals surface area contributed by atoms with E-state index in [2.05, 4.69) is 46.9 Å². The maximum atomic E-state index is 3.19. The molecule has 16 heavy (non-hydrogen) atoms. The first-order chi connectivity index (χ1) is 7.81. The molecule has 1 heterocycles. The lowest BCUT2D eigenvalue weighted by molar-refractivity contribution is 0.505. The third kappa shape index (κ3) is 2.54. The summed E-state index contributed by atoms with van der Waals surface area (Å²) in [7, 11) is 1.90. The number of hydrogen-bond donors (Lipinski definition) is 2. The maximum absolute atomic E-state index is 3.19. The summed E-state index contributed by atoms with van der Waals surface area (Å²) in [5, 5.41) is 0. The quantitative estimate of drug-likeness (QED) is 0.759. The Morgan fingerprint density at radius 1 is 1.12 bits per heavy atom. The van der Waals surface area contributed by atoms with E-state index in [0.717, 1.165) is 0 Å². The molecule has 0 radical (unpaired) electrons. The van der Waals surface area contributed by atoms with Gasteiger partial charge in [-0.25, -0.2) is 0 Å². The molecule has 0 spiro atoms. The van der Waals surface area contributed by atoms with Gasteiger partial charge >= 0.3 is 0 Å². The van der Waals surface area contributed by atoms with E-state index >= 15 is 0 Å². The first-order valence-corrected chi connectivity index (χ1v) is 6.08. The number of nitrogens with zero attached hydrogens (tertiary/aromatic N) is 1. The number of rotatable bonds is 4. The van der Waals surface area contributed by atoms with E-state index in [9.17, 15) is 0 Å². The van der Waals surface area contributed by atoms with Crippen molar-refractivity contribution in [3.05, 3.63) is 29.8 Å². The predicted octanol–water partition coefficient (Wildman–Crippen LogP) is 2.07. The van der Waals surface area contributed by atoms with Crippen molar-refractivity contribution in [3.63, 3.8) is 0 Å². The van der Waals surface area contributed by atoms with Crippen LogP contribution in [0.2, 0.25) is 0 Å². The zero-order chi connectivity index (χ0) is 11.4. The lowest BCUT2D eigenvalue weighted by atomic mass is 10.1. The topological polar surface area (TPSA) is 27.3 Å². The molecule has 2 rings (SSSR count). The van der Waals surface area contributed by atoms with Gasteiger partial charge in [-0.2, -0.15) is 0 Å². The number of anilines is 1. The Balaban J connectivity index is 2.03. The standard InChI is InChI=1S/C13H21N3/c1-11(15-14-2)12-5-7-13(8-6-12)16-9-3-4-10-16/h5-8,11,14-15H,3-4,9-10H2,1-2H3/t11-/m1/s1. The normalized spacial score (nSPS) is 17.8. The second-order valence-corrected chi connectivity index (χ2v) is 4.40. The van der Waals surface area contributed by atoms with Crippen LogP contribution in [0, 0.1) is 0 Å². The minimum Gasteiger partial charge on any atom is -0.372 e. The minimum atomic E-state index is 0.345. The fourth-order valence-electron chi connectivity index (χ4n) is 2.25. The molecule has 1 aliphatic rings. The van der Waals surface area contributed by atoms with Gasteiger partial charge in [-0.1, -0.05) is 12.1 Å². The Labute approximate surface area is 97.8 Å². The molecule has 0 aromatic heterocycles. The van der Waals surface area contributed by atoms with Crippen LogP contribution in [0.1, 0.15) is 31.4 Å². The summed E-state index contributed by atoms with van der Waals surface area (Å²) in [5.74, 6) is 0. The third-order valence-electron chi connectivity index (χ3n) is 3.23. The first-order valence-electron chi connectivity index (χ1n) is 6.08. The smallest absolute Gasteiger partial charge is 0.0434 e. The number of hydrazine groups is 1. The number of benzene rings is 1. The van der Waals surface area contributed by atoms with E-state index in [0.29, 0.717) is 6.04 Å². The lowest BCUT2D eigenvalue weighted by Crippen LogP contribution is -2.30. The van der Waals surface area contributed by atoms with Crippen molar-refractivity contribution in [2.75, 3.05) is 25.0 Å².